The molecule has 1 aromatic rings. The molecule has 0 saturated carbocycles. The van der Waals surface area contributed by atoms with Crippen LogP contribution in [0.1, 0.15) is 23.8 Å². The number of aliphatic carboxylic acids is 1. The van der Waals surface area contributed by atoms with E-state index in [-0.39, 0.29) is 16.9 Å². The van der Waals surface area contributed by atoms with Crippen molar-refractivity contribution in [3.05, 3.63) is 48.0 Å². The van der Waals surface area contributed by atoms with Crippen LogP contribution in [0.15, 0.2) is 35.5 Å². The van der Waals surface area contributed by atoms with E-state index in [2.05, 4.69) is 13.2 Å². The summed E-state index contributed by atoms with van der Waals surface area (Å²) in [4.78, 5) is 11.2. The fraction of sp³-hybridized carbons (Fsp3) is 0.400. The maximum Gasteiger partial charge on any atom is 0.331 e. The van der Waals surface area contributed by atoms with Crippen LogP contribution in [0.5, 0.6) is 0 Å². The Morgan fingerprint density at radius 1 is 1.67 bits per heavy atom. The van der Waals surface area contributed by atoms with Gasteiger partial charge in [0.15, 0.2) is 0 Å². The topological polar surface area (TPSA) is 50.4 Å². The Labute approximate surface area is 107 Å². The molecular formula is C15H18O3. The van der Waals surface area contributed by atoms with Gasteiger partial charge in [0.05, 0.1) is 6.26 Å². The molecule has 0 fully saturated rings. The standard InChI is InChI=1S/C15H18O3/c1-5-15(4)7-13-11(9(2)8-18-13)6-12(15)10(3)14(16)17/h5,8,12H,1,3,6-7H2,2,4H3,(H,16,17). The van der Waals surface area contributed by atoms with Crippen LogP contribution in [-0.2, 0) is 17.6 Å². The van der Waals surface area contributed by atoms with Crippen LogP contribution >= 0.6 is 0 Å². The Kier molecular flexibility index (Phi) is 2.93. The van der Waals surface area contributed by atoms with Crippen LogP contribution in [0.2, 0.25) is 0 Å². The zero-order chi connectivity index (χ0) is 13.5. The van der Waals surface area contributed by atoms with Crippen LogP contribution in [0, 0.1) is 18.3 Å². The molecule has 3 heteroatoms. The molecule has 18 heavy (non-hydrogen) atoms. The van der Waals surface area contributed by atoms with Gasteiger partial charge in [-0.1, -0.05) is 19.6 Å². The lowest BCUT2D eigenvalue weighted by molar-refractivity contribution is -0.133. The third kappa shape index (κ3) is 1.80. The first-order valence-electron chi connectivity index (χ1n) is 6.00. The Morgan fingerprint density at radius 2 is 2.33 bits per heavy atom. The summed E-state index contributed by atoms with van der Waals surface area (Å²) < 4.78 is 5.55. The average Bonchev–Trinajstić information content (AvgIpc) is 2.68. The molecule has 2 unspecified atom stereocenters. The van der Waals surface area contributed by atoms with Gasteiger partial charge in [-0.3, -0.25) is 0 Å². The molecule has 1 aliphatic carbocycles. The fourth-order valence-electron chi connectivity index (χ4n) is 2.74. The minimum absolute atomic E-state index is 0.128. The second-order valence-electron chi connectivity index (χ2n) is 5.29. The molecule has 1 heterocycles. The summed E-state index contributed by atoms with van der Waals surface area (Å²) in [6.07, 6.45) is 4.90. The number of hydrogen-bond acceptors (Lipinski definition) is 2. The summed E-state index contributed by atoms with van der Waals surface area (Å²) in [5.41, 5.74) is 2.15. The van der Waals surface area contributed by atoms with Gasteiger partial charge in [0, 0.05) is 17.9 Å². The van der Waals surface area contributed by atoms with Gasteiger partial charge in [-0.15, -0.1) is 6.58 Å². The minimum atomic E-state index is -0.933. The van der Waals surface area contributed by atoms with E-state index in [1.807, 2.05) is 19.9 Å². The highest BCUT2D eigenvalue weighted by Gasteiger charge is 2.41. The van der Waals surface area contributed by atoms with Crippen molar-refractivity contribution in [2.24, 2.45) is 11.3 Å². The van der Waals surface area contributed by atoms with Crippen molar-refractivity contribution >= 4 is 5.97 Å². The van der Waals surface area contributed by atoms with Crippen molar-refractivity contribution in [3.8, 4) is 0 Å². The number of carboxylic acids is 1. The van der Waals surface area contributed by atoms with Gasteiger partial charge in [-0.05, 0) is 29.9 Å². The number of rotatable bonds is 3. The molecule has 3 nitrogen and oxygen atoms in total. The number of allylic oxidation sites excluding steroid dienone is 1. The van der Waals surface area contributed by atoms with E-state index in [0.29, 0.717) is 12.8 Å². The second kappa shape index (κ2) is 4.16. The lowest BCUT2D eigenvalue weighted by atomic mass is 9.64. The summed E-state index contributed by atoms with van der Waals surface area (Å²) >= 11 is 0. The molecule has 0 spiro atoms. The molecule has 0 bridgehead atoms. The van der Waals surface area contributed by atoms with Crippen molar-refractivity contribution in [2.45, 2.75) is 26.7 Å². The number of carbonyl (C=O) groups is 1. The molecule has 0 radical (unpaired) electrons. The van der Waals surface area contributed by atoms with Gasteiger partial charge in [-0.25, -0.2) is 4.79 Å². The van der Waals surface area contributed by atoms with Crippen molar-refractivity contribution in [1.82, 2.24) is 0 Å². The summed E-state index contributed by atoms with van der Waals surface area (Å²) in [6.45, 7) is 11.6. The van der Waals surface area contributed by atoms with E-state index in [9.17, 15) is 9.90 Å². The van der Waals surface area contributed by atoms with Gasteiger partial charge in [0.2, 0.25) is 0 Å². The van der Waals surface area contributed by atoms with E-state index in [4.69, 9.17) is 4.42 Å². The maximum atomic E-state index is 11.2. The Bertz CT molecular complexity index is 524. The third-order valence-corrected chi connectivity index (χ3v) is 4.10. The highest BCUT2D eigenvalue weighted by Crippen LogP contribution is 2.45. The first kappa shape index (κ1) is 12.7. The average molecular weight is 246 g/mol. The van der Waals surface area contributed by atoms with Crippen molar-refractivity contribution < 1.29 is 14.3 Å². The monoisotopic (exact) mass is 246 g/mol. The van der Waals surface area contributed by atoms with Crippen LogP contribution in [0.4, 0.5) is 0 Å². The van der Waals surface area contributed by atoms with E-state index >= 15 is 0 Å². The molecule has 0 aromatic carbocycles. The predicted octanol–water partition coefficient (Wildman–Crippen LogP) is 3.14. The molecule has 2 rings (SSSR count). The number of carboxylic acid groups (broad SMARTS) is 1. The van der Waals surface area contributed by atoms with Crippen molar-refractivity contribution in [3.63, 3.8) is 0 Å². The first-order valence-corrected chi connectivity index (χ1v) is 6.00. The van der Waals surface area contributed by atoms with Crippen LogP contribution in [-0.4, -0.2) is 11.1 Å². The number of fused-ring (bicyclic) bond motifs is 1. The lowest BCUT2D eigenvalue weighted by Crippen LogP contribution is -2.36. The van der Waals surface area contributed by atoms with Gasteiger partial charge in [-0.2, -0.15) is 0 Å². The van der Waals surface area contributed by atoms with Gasteiger partial charge < -0.3 is 9.52 Å². The first-order chi connectivity index (χ1) is 8.39. The summed E-state index contributed by atoms with van der Waals surface area (Å²) in [6, 6.07) is 0. The summed E-state index contributed by atoms with van der Waals surface area (Å²) in [5, 5.41) is 9.17. The predicted molar refractivity (Wildman–Crippen MR) is 69.4 cm³/mol. The Balaban J connectivity index is 2.46. The zero-order valence-electron chi connectivity index (χ0n) is 10.8. The number of furan rings is 1. The quantitative estimate of drug-likeness (QED) is 0.658. The number of hydrogen-bond donors (Lipinski definition) is 1. The molecule has 2 atom stereocenters. The van der Waals surface area contributed by atoms with E-state index in [1.54, 1.807) is 6.26 Å². The molecule has 1 aliphatic rings. The van der Waals surface area contributed by atoms with E-state index in [0.717, 1.165) is 16.9 Å². The fourth-order valence-corrected chi connectivity index (χ4v) is 2.74. The largest absolute Gasteiger partial charge is 0.478 e. The van der Waals surface area contributed by atoms with Gasteiger partial charge in [0.1, 0.15) is 5.76 Å². The second-order valence-corrected chi connectivity index (χ2v) is 5.29. The smallest absolute Gasteiger partial charge is 0.331 e. The molecule has 96 valence electrons. The number of aryl methyl sites for hydroxylation is 1. The molecule has 1 N–H and O–H groups in total. The van der Waals surface area contributed by atoms with E-state index in [1.165, 1.54) is 0 Å². The van der Waals surface area contributed by atoms with Gasteiger partial charge in [0.25, 0.3) is 0 Å². The molecule has 1 aromatic heterocycles. The lowest BCUT2D eigenvalue weighted by Gasteiger charge is -2.38. The Hall–Kier alpha value is -1.77. The van der Waals surface area contributed by atoms with Gasteiger partial charge >= 0.3 is 5.97 Å². The minimum Gasteiger partial charge on any atom is -0.478 e. The van der Waals surface area contributed by atoms with Crippen molar-refractivity contribution in [1.29, 1.82) is 0 Å². The highest BCUT2D eigenvalue weighted by atomic mass is 16.4. The van der Waals surface area contributed by atoms with E-state index < -0.39 is 5.97 Å². The third-order valence-electron chi connectivity index (χ3n) is 4.10. The van der Waals surface area contributed by atoms with Crippen LogP contribution in [0.3, 0.4) is 0 Å². The highest BCUT2D eigenvalue weighted by molar-refractivity contribution is 5.86. The van der Waals surface area contributed by atoms with Crippen LogP contribution in [0.25, 0.3) is 0 Å². The Morgan fingerprint density at radius 3 is 2.89 bits per heavy atom. The molecule has 0 saturated heterocycles. The summed E-state index contributed by atoms with van der Waals surface area (Å²) in [5.74, 6) is -0.113. The zero-order valence-corrected chi connectivity index (χ0v) is 10.8. The molecular weight excluding hydrogens is 228 g/mol. The normalized spacial score (nSPS) is 26.4. The molecule has 0 aliphatic heterocycles. The SMILES string of the molecule is C=CC1(C)Cc2occ(C)c2CC1C(=C)C(=O)O. The summed E-state index contributed by atoms with van der Waals surface area (Å²) in [7, 11) is 0. The molecule has 0 amide bonds. The maximum absolute atomic E-state index is 11.2. The van der Waals surface area contributed by atoms with Crippen molar-refractivity contribution in [2.75, 3.05) is 0 Å². The van der Waals surface area contributed by atoms with Crippen LogP contribution < -0.4 is 0 Å².